The minimum Gasteiger partial charge on any atom is -0.481 e. The summed E-state index contributed by atoms with van der Waals surface area (Å²) in [6.07, 6.45) is 0.674. The SMILES string of the molecule is CC1(C)[C@@H](C(=O)O)[C@@H]1C(=O)N1CCN([C@@H]2CCS(=O)(=O)C2)CC1. The fourth-order valence-electron chi connectivity index (χ4n) is 4.13. The average molecular weight is 344 g/mol. The number of piperazine rings is 1. The summed E-state index contributed by atoms with van der Waals surface area (Å²) in [5.74, 6) is -1.51. The lowest BCUT2D eigenvalue weighted by atomic mass is 10.1. The van der Waals surface area contributed by atoms with Crippen molar-refractivity contribution in [2.45, 2.75) is 26.3 Å². The Bertz CT molecular complexity index is 622. The van der Waals surface area contributed by atoms with Gasteiger partial charge in [0.2, 0.25) is 5.91 Å². The molecule has 3 atom stereocenters. The topological polar surface area (TPSA) is 95.0 Å². The maximum Gasteiger partial charge on any atom is 0.307 e. The van der Waals surface area contributed by atoms with Crippen molar-refractivity contribution in [3.63, 3.8) is 0 Å². The third-order valence-corrected chi connectivity index (χ3v) is 7.46. The highest BCUT2D eigenvalue weighted by Gasteiger charge is 2.66. The van der Waals surface area contributed by atoms with E-state index in [1.807, 2.05) is 13.8 Å². The van der Waals surface area contributed by atoms with E-state index < -0.39 is 33.1 Å². The minimum absolute atomic E-state index is 0.0684. The van der Waals surface area contributed by atoms with Crippen LogP contribution in [0.25, 0.3) is 0 Å². The zero-order chi connectivity index (χ0) is 17.0. The highest BCUT2D eigenvalue weighted by molar-refractivity contribution is 7.91. The largest absolute Gasteiger partial charge is 0.481 e. The number of aliphatic carboxylic acids is 1. The number of hydrogen-bond acceptors (Lipinski definition) is 5. The van der Waals surface area contributed by atoms with Crippen molar-refractivity contribution in [2.24, 2.45) is 17.3 Å². The molecule has 0 aromatic rings. The smallest absolute Gasteiger partial charge is 0.307 e. The molecule has 2 heterocycles. The van der Waals surface area contributed by atoms with E-state index in [0.29, 0.717) is 32.6 Å². The van der Waals surface area contributed by atoms with Gasteiger partial charge < -0.3 is 10.0 Å². The van der Waals surface area contributed by atoms with E-state index in [2.05, 4.69) is 4.90 Å². The Morgan fingerprint density at radius 3 is 2.13 bits per heavy atom. The van der Waals surface area contributed by atoms with Crippen molar-refractivity contribution in [2.75, 3.05) is 37.7 Å². The second-order valence-electron chi connectivity index (χ2n) is 7.53. The summed E-state index contributed by atoms with van der Waals surface area (Å²) in [6, 6.07) is 0.0707. The molecule has 0 unspecified atom stereocenters. The molecule has 0 bridgehead atoms. The van der Waals surface area contributed by atoms with E-state index in [0.717, 1.165) is 0 Å². The van der Waals surface area contributed by atoms with Gasteiger partial charge in [-0.2, -0.15) is 0 Å². The van der Waals surface area contributed by atoms with Gasteiger partial charge >= 0.3 is 5.97 Å². The first-order valence-electron chi connectivity index (χ1n) is 8.09. The summed E-state index contributed by atoms with van der Waals surface area (Å²) >= 11 is 0. The van der Waals surface area contributed by atoms with Crippen LogP contribution in [0.4, 0.5) is 0 Å². The molecule has 0 spiro atoms. The molecule has 3 fully saturated rings. The van der Waals surface area contributed by atoms with E-state index in [9.17, 15) is 23.1 Å². The van der Waals surface area contributed by atoms with Crippen molar-refractivity contribution < 1.29 is 23.1 Å². The van der Waals surface area contributed by atoms with Crippen LogP contribution >= 0.6 is 0 Å². The van der Waals surface area contributed by atoms with Gasteiger partial charge in [-0.15, -0.1) is 0 Å². The first kappa shape index (κ1) is 16.7. The molecule has 23 heavy (non-hydrogen) atoms. The predicted molar refractivity (Wildman–Crippen MR) is 83.6 cm³/mol. The third kappa shape index (κ3) is 2.98. The zero-order valence-corrected chi connectivity index (χ0v) is 14.4. The Morgan fingerprint density at radius 2 is 1.70 bits per heavy atom. The first-order chi connectivity index (χ1) is 10.6. The molecule has 130 valence electrons. The second kappa shape index (κ2) is 5.44. The quantitative estimate of drug-likeness (QED) is 0.754. The first-order valence-corrected chi connectivity index (χ1v) is 9.92. The lowest BCUT2D eigenvalue weighted by molar-refractivity contribution is -0.142. The number of nitrogens with zero attached hydrogens (tertiary/aromatic N) is 2. The van der Waals surface area contributed by atoms with Crippen molar-refractivity contribution in [3.05, 3.63) is 0 Å². The van der Waals surface area contributed by atoms with Crippen LogP contribution in [0, 0.1) is 17.3 Å². The van der Waals surface area contributed by atoms with Crippen LogP contribution in [-0.2, 0) is 19.4 Å². The van der Waals surface area contributed by atoms with Crippen LogP contribution in [0.5, 0.6) is 0 Å². The highest BCUT2D eigenvalue weighted by atomic mass is 32.2. The molecule has 1 aliphatic carbocycles. The summed E-state index contributed by atoms with van der Waals surface area (Å²) in [7, 11) is -2.90. The van der Waals surface area contributed by atoms with Crippen LogP contribution in [0.2, 0.25) is 0 Å². The van der Waals surface area contributed by atoms with E-state index in [-0.39, 0.29) is 23.5 Å². The number of carboxylic acid groups (broad SMARTS) is 1. The average Bonchev–Trinajstić information content (AvgIpc) is 2.86. The lowest BCUT2D eigenvalue weighted by Gasteiger charge is -2.38. The summed E-state index contributed by atoms with van der Waals surface area (Å²) in [6.45, 7) is 6.08. The Morgan fingerprint density at radius 1 is 1.09 bits per heavy atom. The predicted octanol–water partition coefficient (Wildman–Crippen LogP) is -0.325. The Kier molecular flexibility index (Phi) is 3.95. The molecule has 1 N–H and O–H groups in total. The molecule has 1 amide bonds. The fourth-order valence-corrected chi connectivity index (χ4v) is 5.89. The molecule has 3 rings (SSSR count). The molecule has 1 saturated carbocycles. The van der Waals surface area contributed by atoms with Gasteiger partial charge in [0.05, 0.1) is 23.3 Å². The molecular weight excluding hydrogens is 320 g/mol. The Labute approximate surface area is 136 Å². The van der Waals surface area contributed by atoms with Gasteiger partial charge in [-0.1, -0.05) is 13.8 Å². The van der Waals surface area contributed by atoms with Crippen LogP contribution in [0.1, 0.15) is 20.3 Å². The molecule has 0 radical (unpaired) electrons. The van der Waals surface area contributed by atoms with Crippen LogP contribution in [0.3, 0.4) is 0 Å². The molecule has 0 aromatic heterocycles. The summed E-state index contributed by atoms with van der Waals surface area (Å²) in [5, 5.41) is 9.21. The number of carboxylic acids is 1. The Balaban J connectivity index is 1.56. The van der Waals surface area contributed by atoms with Gasteiger partial charge in [-0.3, -0.25) is 14.5 Å². The fraction of sp³-hybridized carbons (Fsp3) is 0.867. The molecule has 3 aliphatic rings. The van der Waals surface area contributed by atoms with Gasteiger partial charge in [-0.25, -0.2) is 8.42 Å². The van der Waals surface area contributed by atoms with E-state index in [1.54, 1.807) is 4.90 Å². The molecule has 8 heteroatoms. The van der Waals surface area contributed by atoms with Crippen LogP contribution in [-0.4, -0.2) is 78.9 Å². The number of carbonyl (C=O) groups is 2. The van der Waals surface area contributed by atoms with Gasteiger partial charge in [-0.05, 0) is 11.8 Å². The number of hydrogen-bond donors (Lipinski definition) is 1. The standard InChI is InChI=1S/C15H24N2O5S/c1-15(2)11(12(15)14(19)20)13(18)17-6-4-16(5-7-17)10-3-8-23(21,22)9-10/h10-12H,3-9H2,1-2H3,(H,19,20)/t10-,11-,12-/m1/s1. The van der Waals surface area contributed by atoms with Gasteiger partial charge in [0, 0.05) is 32.2 Å². The molecule has 2 saturated heterocycles. The van der Waals surface area contributed by atoms with Gasteiger partial charge in [0.1, 0.15) is 0 Å². The lowest BCUT2D eigenvalue weighted by Crippen LogP contribution is -2.52. The van der Waals surface area contributed by atoms with Crippen molar-refractivity contribution in [1.82, 2.24) is 9.80 Å². The second-order valence-corrected chi connectivity index (χ2v) is 9.76. The maximum atomic E-state index is 12.6. The number of carbonyl (C=O) groups excluding carboxylic acids is 1. The molecular formula is C15H24N2O5S. The molecule has 7 nitrogen and oxygen atoms in total. The number of rotatable bonds is 3. The van der Waals surface area contributed by atoms with Crippen LogP contribution in [0.15, 0.2) is 0 Å². The summed E-state index contributed by atoms with van der Waals surface area (Å²) < 4.78 is 23.2. The number of amides is 1. The highest BCUT2D eigenvalue weighted by Crippen LogP contribution is 2.59. The van der Waals surface area contributed by atoms with E-state index in [1.165, 1.54) is 0 Å². The van der Waals surface area contributed by atoms with Gasteiger partial charge in [0.25, 0.3) is 0 Å². The maximum absolute atomic E-state index is 12.6. The minimum atomic E-state index is -2.90. The van der Waals surface area contributed by atoms with Gasteiger partial charge in [0.15, 0.2) is 9.84 Å². The monoisotopic (exact) mass is 344 g/mol. The normalized spacial score (nSPS) is 35.9. The van der Waals surface area contributed by atoms with E-state index in [4.69, 9.17) is 0 Å². The third-order valence-electron chi connectivity index (χ3n) is 5.71. The van der Waals surface area contributed by atoms with Crippen molar-refractivity contribution in [3.8, 4) is 0 Å². The van der Waals surface area contributed by atoms with Crippen molar-refractivity contribution in [1.29, 1.82) is 0 Å². The van der Waals surface area contributed by atoms with E-state index >= 15 is 0 Å². The van der Waals surface area contributed by atoms with Crippen molar-refractivity contribution >= 4 is 21.7 Å². The van der Waals surface area contributed by atoms with Crippen LogP contribution < -0.4 is 0 Å². The molecule has 2 aliphatic heterocycles. The number of sulfone groups is 1. The summed E-state index contributed by atoms with van der Waals surface area (Å²) in [5.41, 5.74) is -0.473. The summed E-state index contributed by atoms with van der Waals surface area (Å²) in [4.78, 5) is 27.7. The Hall–Kier alpha value is -1.15. The molecule has 0 aromatic carbocycles. The zero-order valence-electron chi connectivity index (χ0n) is 13.6.